The van der Waals surface area contributed by atoms with Crippen LogP contribution in [0.5, 0.6) is 5.75 Å². The molecule has 4 heteroatoms. The lowest BCUT2D eigenvalue weighted by atomic mass is 10.2. The van der Waals surface area contributed by atoms with E-state index in [1.807, 2.05) is 31.2 Å². The van der Waals surface area contributed by atoms with Crippen molar-refractivity contribution in [3.8, 4) is 5.75 Å². The van der Waals surface area contributed by atoms with Crippen LogP contribution < -0.4 is 10.1 Å². The van der Waals surface area contributed by atoms with Crippen LogP contribution in [0.1, 0.15) is 25.8 Å². The highest BCUT2D eigenvalue weighted by Crippen LogP contribution is 2.12. The Hall–Kier alpha value is -1.55. The topological polar surface area (TPSA) is 41.6 Å². The van der Waals surface area contributed by atoms with Crippen molar-refractivity contribution in [1.29, 1.82) is 0 Å². The summed E-state index contributed by atoms with van der Waals surface area (Å²) in [6.45, 7) is 5.38. The van der Waals surface area contributed by atoms with Crippen LogP contribution >= 0.6 is 0 Å². The number of ether oxygens (including phenoxy) is 1. The maximum atomic E-state index is 11.7. The largest absolute Gasteiger partial charge is 0.494 e. The van der Waals surface area contributed by atoms with Crippen molar-refractivity contribution in [3.63, 3.8) is 0 Å². The van der Waals surface area contributed by atoms with Gasteiger partial charge in [-0.2, -0.15) is 0 Å². The van der Waals surface area contributed by atoms with Gasteiger partial charge in [0.25, 0.3) is 0 Å². The second-order valence-electron chi connectivity index (χ2n) is 4.83. The summed E-state index contributed by atoms with van der Waals surface area (Å²) in [6.07, 6.45) is 1.01. The quantitative estimate of drug-likeness (QED) is 0.819. The van der Waals surface area contributed by atoms with Crippen LogP contribution in [0.25, 0.3) is 0 Å². The molecule has 1 atom stereocenters. The Labute approximate surface area is 115 Å². The van der Waals surface area contributed by atoms with Gasteiger partial charge in [-0.25, -0.2) is 0 Å². The van der Waals surface area contributed by atoms with E-state index in [0.29, 0.717) is 6.54 Å². The number of benzene rings is 1. The molecule has 106 valence electrons. The van der Waals surface area contributed by atoms with E-state index in [2.05, 4.69) is 12.2 Å². The van der Waals surface area contributed by atoms with Crippen molar-refractivity contribution in [2.24, 2.45) is 0 Å². The molecule has 0 aliphatic carbocycles. The molecule has 0 spiro atoms. The van der Waals surface area contributed by atoms with Crippen molar-refractivity contribution in [2.75, 3.05) is 20.7 Å². The summed E-state index contributed by atoms with van der Waals surface area (Å²) < 4.78 is 5.52. The zero-order chi connectivity index (χ0) is 14.3. The number of nitrogens with one attached hydrogen (secondary N) is 1. The van der Waals surface area contributed by atoms with E-state index < -0.39 is 0 Å². The molecule has 0 saturated carbocycles. The smallest absolute Gasteiger partial charge is 0.238 e. The number of hydrogen-bond acceptors (Lipinski definition) is 3. The number of likely N-dealkylation sites (N-methyl/N-ethyl adjacent to an activating group) is 1. The van der Waals surface area contributed by atoms with Crippen molar-refractivity contribution in [3.05, 3.63) is 29.8 Å². The highest BCUT2D eigenvalue weighted by atomic mass is 16.5. The third-order valence-corrected chi connectivity index (χ3v) is 2.82. The first-order valence-corrected chi connectivity index (χ1v) is 6.71. The molecule has 1 aromatic rings. The molecule has 4 nitrogen and oxygen atoms in total. The fourth-order valence-electron chi connectivity index (χ4n) is 1.67. The van der Waals surface area contributed by atoms with Gasteiger partial charge in [0.2, 0.25) is 5.91 Å². The molecule has 0 aromatic heterocycles. The molecule has 0 aliphatic rings. The van der Waals surface area contributed by atoms with Gasteiger partial charge in [-0.05, 0) is 31.0 Å². The summed E-state index contributed by atoms with van der Waals surface area (Å²) in [5.74, 6) is 0.978. The SMILES string of the molecule is CCCOc1ccc(CNC(C)C(=O)N(C)C)cc1. The molecule has 0 fully saturated rings. The third-order valence-electron chi connectivity index (χ3n) is 2.82. The van der Waals surface area contributed by atoms with E-state index in [0.717, 1.165) is 24.3 Å². The summed E-state index contributed by atoms with van der Waals surface area (Å²) in [4.78, 5) is 13.3. The molecule has 1 unspecified atom stereocenters. The van der Waals surface area contributed by atoms with Crippen LogP contribution in [0.15, 0.2) is 24.3 Å². The fraction of sp³-hybridized carbons (Fsp3) is 0.533. The van der Waals surface area contributed by atoms with Gasteiger partial charge in [-0.3, -0.25) is 4.79 Å². The van der Waals surface area contributed by atoms with E-state index in [1.54, 1.807) is 19.0 Å². The second kappa shape index (κ2) is 7.79. The zero-order valence-corrected chi connectivity index (χ0v) is 12.3. The van der Waals surface area contributed by atoms with E-state index in [9.17, 15) is 4.79 Å². The lowest BCUT2D eigenvalue weighted by Crippen LogP contribution is -2.41. The Morgan fingerprint density at radius 3 is 2.47 bits per heavy atom. The Bertz CT molecular complexity index is 388. The summed E-state index contributed by atoms with van der Waals surface area (Å²) in [6, 6.07) is 7.79. The minimum absolute atomic E-state index is 0.0860. The van der Waals surface area contributed by atoms with Gasteiger partial charge in [0, 0.05) is 20.6 Å². The Morgan fingerprint density at radius 2 is 1.95 bits per heavy atom. The van der Waals surface area contributed by atoms with Gasteiger partial charge in [-0.1, -0.05) is 19.1 Å². The number of carbonyl (C=O) groups excluding carboxylic acids is 1. The Kier molecular flexibility index (Phi) is 6.36. The van der Waals surface area contributed by atoms with Crippen LogP contribution in [-0.2, 0) is 11.3 Å². The minimum Gasteiger partial charge on any atom is -0.494 e. The maximum Gasteiger partial charge on any atom is 0.238 e. The number of carbonyl (C=O) groups is 1. The first-order chi connectivity index (χ1) is 9.04. The number of nitrogens with zero attached hydrogens (tertiary/aromatic N) is 1. The first-order valence-electron chi connectivity index (χ1n) is 6.71. The molecule has 0 saturated heterocycles. The van der Waals surface area contributed by atoms with Crippen molar-refractivity contribution < 1.29 is 9.53 Å². The molecule has 0 aliphatic heterocycles. The zero-order valence-electron chi connectivity index (χ0n) is 12.3. The molecule has 1 N–H and O–H groups in total. The summed E-state index contributed by atoms with van der Waals surface area (Å²) in [5, 5.41) is 3.21. The maximum absolute atomic E-state index is 11.7. The molecule has 0 radical (unpaired) electrons. The van der Waals surface area contributed by atoms with Gasteiger partial charge in [0.1, 0.15) is 5.75 Å². The fourth-order valence-corrected chi connectivity index (χ4v) is 1.67. The molecular formula is C15H24N2O2. The Balaban J connectivity index is 2.43. The third kappa shape index (κ3) is 5.30. The van der Waals surface area contributed by atoms with E-state index >= 15 is 0 Å². The van der Waals surface area contributed by atoms with Crippen molar-refractivity contribution in [1.82, 2.24) is 10.2 Å². The standard InChI is InChI=1S/C15H24N2O2/c1-5-10-19-14-8-6-13(7-9-14)11-16-12(2)15(18)17(3)4/h6-9,12,16H,5,10-11H2,1-4H3. The van der Waals surface area contributed by atoms with E-state index in [4.69, 9.17) is 4.74 Å². The van der Waals surface area contributed by atoms with E-state index in [1.165, 1.54) is 0 Å². The van der Waals surface area contributed by atoms with Crippen LogP contribution in [0.4, 0.5) is 0 Å². The predicted molar refractivity (Wildman–Crippen MR) is 77.2 cm³/mol. The minimum atomic E-state index is -0.175. The highest BCUT2D eigenvalue weighted by molar-refractivity contribution is 5.80. The summed E-state index contributed by atoms with van der Waals surface area (Å²) in [7, 11) is 3.53. The van der Waals surface area contributed by atoms with Crippen LogP contribution in [0.3, 0.4) is 0 Å². The summed E-state index contributed by atoms with van der Waals surface area (Å²) in [5.41, 5.74) is 1.14. The van der Waals surface area contributed by atoms with Crippen LogP contribution in [0, 0.1) is 0 Å². The number of amides is 1. The molecule has 0 bridgehead atoms. The normalized spacial score (nSPS) is 12.0. The molecule has 1 rings (SSSR count). The van der Waals surface area contributed by atoms with Crippen molar-refractivity contribution in [2.45, 2.75) is 32.9 Å². The highest BCUT2D eigenvalue weighted by Gasteiger charge is 2.13. The van der Waals surface area contributed by atoms with E-state index in [-0.39, 0.29) is 11.9 Å². The van der Waals surface area contributed by atoms with Gasteiger partial charge in [0.15, 0.2) is 0 Å². The monoisotopic (exact) mass is 264 g/mol. The second-order valence-corrected chi connectivity index (χ2v) is 4.83. The molecule has 1 aromatic carbocycles. The average Bonchev–Trinajstić information content (AvgIpc) is 2.42. The van der Waals surface area contributed by atoms with Gasteiger partial charge < -0.3 is 15.0 Å². The predicted octanol–water partition coefficient (Wildman–Crippen LogP) is 2.04. The first kappa shape index (κ1) is 15.5. The average molecular weight is 264 g/mol. The molecule has 1 amide bonds. The van der Waals surface area contributed by atoms with Gasteiger partial charge in [0.05, 0.1) is 12.6 Å². The van der Waals surface area contributed by atoms with Crippen LogP contribution in [-0.4, -0.2) is 37.6 Å². The number of rotatable bonds is 7. The molecule has 0 heterocycles. The molecular weight excluding hydrogens is 240 g/mol. The van der Waals surface area contributed by atoms with Crippen molar-refractivity contribution >= 4 is 5.91 Å². The summed E-state index contributed by atoms with van der Waals surface area (Å²) >= 11 is 0. The van der Waals surface area contributed by atoms with Crippen LogP contribution in [0.2, 0.25) is 0 Å². The number of hydrogen-bond donors (Lipinski definition) is 1. The Morgan fingerprint density at radius 1 is 1.32 bits per heavy atom. The van der Waals surface area contributed by atoms with Gasteiger partial charge in [-0.15, -0.1) is 0 Å². The lowest BCUT2D eigenvalue weighted by Gasteiger charge is -2.18. The lowest BCUT2D eigenvalue weighted by molar-refractivity contribution is -0.130. The molecule has 19 heavy (non-hydrogen) atoms. The van der Waals surface area contributed by atoms with Gasteiger partial charge >= 0.3 is 0 Å².